The first-order chi connectivity index (χ1) is 9.97. The highest BCUT2D eigenvalue weighted by Gasteiger charge is 2.29. The van der Waals surface area contributed by atoms with Crippen molar-refractivity contribution in [2.75, 3.05) is 0 Å². The Kier molecular flexibility index (Phi) is 3.75. The first kappa shape index (κ1) is 14.5. The lowest BCUT2D eigenvalue weighted by molar-refractivity contribution is 0.364. The molecular weight excluding hydrogens is 316 g/mol. The molecular formula is C12H15ClN4O3S. The van der Waals surface area contributed by atoms with Gasteiger partial charge in [0.05, 0.1) is 0 Å². The zero-order valence-electron chi connectivity index (χ0n) is 11.5. The third-order valence-corrected chi connectivity index (χ3v) is 4.46. The van der Waals surface area contributed by atoms with E-state index in [0.29, 0.717) is 30.6 Å². The highest BCUT2D eigenvalue weighted by atomic mass is 35.7. The molecule has 7 nitrogen and oxygen atoms in total. The number of aryl methyl sites for hydroxylation is 1. The summed E-state index contributed by atoms with van der Waals surface area (Å²) in [6.45, 7) is 2.29. The van der Waals surface area contributed by atoms with Crippen molar-refractivity contribution in [3.63, 3.8) is 0 Å². The van der Waals surface area contributed by atoms with Gasteiger partial charge in [0.2, 0.25) is 5.89 Å². The van der Waals surface area contributed by atoms with E-state index in [2.05, 4.69) is 15.1 Å². The van der Waals surface area contributed by atoms with Gasteiger partial charge in [-0.15, -0.1) is 0 Å². The van der Waals surface area contributed by atoms with Gasteiger partial charge in [0, 0.05) is 29.2 Å². The van der Waals surface area contributed by atoms with Gasteiger partial charge in [-0.1, -0.05) is 12.1 Å². The van der Waals surface area contributed by atoms with Gasteiger partial charge in [0.15, 0.2) is 10.9 Å². The van der Waals surface area contributed by atoms with Crippen LogP contribution in [-0.4, -0.2) is 28.1 Å². The van der Waals surface area contributed by atoms with Crippen LogP contribution in [0.2, 0.25) is 0 Å². The highest BCUT2D eigenvalue weighted by Crippen LogP contribution is 2.38. The Morgan fingerprint density at radius 1 is 1.43 bits per heavy atom. The van der Waals surface area contributed by atoms with E-state index >= 15 is 0 Å². The minimum Gasteiger partial charge on any atom is -0.337 e. The summed E-state index contributed by atoms with van der Waals surface area (Å²) >= 11 is 0. The summed E-state index contributed by atoms with van der Waals surface area (Å²) in [5.41, 5.74) is 0. The van der Waals surface area contributed by atoms with Crippen molar-refractivity contribution in [3.8, 4) is 0 Å². The van der Waals surface area contributed by atoms with Crippen molar-refractivity contribution in [2.45, 2.75) is 50.1 Å². The molecule has 0 N–H and O–H groups in total. The van der Waals surface area contributed by atoms with E-state index in [0.717, 1.165) is 25.1 Å². The molecule has 0 aliphatic heterocycles. The van der Waals surface area contributed by atoms with Crippen LogP contribution in [0.4, 0.5) is 0 Å². The maximum Gasteiger partial charge on any atom is 0.280 e. The van der Waals surface area contributed by atoms with Crippen molar-refractivity contribution < 1.29 is 12.9 Å². The van der Waals surface area contributed by atoms with Crippen LogP contribution in [0.25, 0.3) is 0 Å². The largest absolute Gasteiger partial charge is 0.337 e. The number of nitrogens with zero attached hydrogens (tertiary/aromatic N) is 4. The molecule has 1 aliphatic rings. The Morgan fingerprint density at radius 2 is 2.19 bits per heavy atom. The van der Waals surface area contributed by atoms with E-state index in [4.69, 9.17) is 15.2 Å². The minimum absolute atomic E-state index is 0.144. The van der Waals surface area contributed by atoms with E-state index in [1.807, 2.05) is 6.92 Å². The lowest BCUT2D eigenvalue weighted by atomic mass is 10.3. The SMILES string of the molecule is CCCc1nc(S(=O)(=O)Cl)cn1Cc1nc(C2CC2)no1. The van der Waals surface area contributed by atoms with Gasteiger partial charge < -0.3 is 9.09 Å². The molecule has 0 bridgehead atoms. The first-order valence-electron chi connectivity index (χ1n) is 6.80. The van der Waals surface area contributed by atoms with Crippen LogP contribution >= 0.6 is 10.7 Å². The molecule has 9 heteroatoms. The number of imidazole rings is 1. The molecule has 0 aromatic carbocycles. The van der Waals surface area contributed by atoms with Gasteiger partial charge in [0.25, 0.3) is 9.05 Å². The molecule has 2 aromatic rings. The second-order valence-corrected chi connectivity index (χ2v) is 7.64. The summed E-state index contributed by atoms with van der Waals surface area (Å²) in [5.74, 6) is 2.24. The van der Waals surface area contributed by atoms with Crippen molar-refractivity contribution >= 4 is 19.7 Å². The number of hydrogen-bond acceptors (Lipinski definition) is 6. The molecule has 0 amide bonds. The lowest BCUT2D eigenvalue weighted by Gasteiger charge is -2.02. The molecule has 3 rings (SSSR count). The molecule has 2 heterocycles. The molecule has 114 valence electrons. The smallest absolute Gasteiger partial charge is 0.280 e. The van der Waals surface area contributed by atoms with E-state index in [9.17, 15) is 8.42 Å². The van der Waals surface area contributed by atoms with Crippen LogP contribution in [0.15, 0.2) is 15.7 Å². The van der Waals surface area contributed by atoms with E-state index in [-0.39, 0.29) is 5.03 Å². The minimum atomic E-state index is -3.84. The fourth-order valence-electron chi connectivity index (χ4n) is 2.09. The summed E-state index contributed by atoms with van der Waals surface area (Å²) in [5, 5.41) is 3.80. The topological polar surface area (TPSA) is 90.9 Å². The first-order valence-corrected chi connectivity index (χ1v) is 9.11. The van der Waals surface area contributed by atoms with Crippen LogP contribution in [0.5, 0.6) is 0 Å². The maximum absolute atomic E-state index is 11.4. The third kappa shape index (κ3) is 3.26. The molecule has 0 atom stereocenters. The predicted octanol–water partition coefficient (Wildman–Crippen LogP) is 2.07. The summed E-state index contributed by atoms with van der Waals surface area (Å²) < 4.78 is 29.7. The van der Waals surface area contributed by atoms with Gasteiger partial charge in [-0.3, -0.25) is 0 Å². The number of hydrogen-bond donors (Lipinski definition) is 0. The molecule has 1 saturated carbocycles. The molecule has 21 heavy (non-hydrogen) atoms. The van der Waals surface area contributed by atoms with Gasteiger partial charge in [-0.2, -0.15) is 4.98 Å². The average Bonchev–Trinajstić information content (AvgIpc) is 3.02. The molecule has 0 unspecified atom stereocenters. The zero-order chi connectivity index (χ0) is 15.0. The predicted molar refractivity (Wildman–Crippen MR) is 74.6 cm³/mol. The van der Waals surface area contributed by atoms with Crippen molar-refractivity contribution in [2.24, 2.45) is 0 Å². The number of halogens is 1. The Bertz CT molecular complexity index is 748. The lowest BCUT2D eigenvalue weighted by Crippen LogP contribution is -2.04. The maximum atomic E-state index is 11.4. The monoisotopic (exact) mass is 330 g/mol. The van der Waals surface area contributed by atoms with Crippen LogP contribution in [0.1, 0.15) is 49.6 Å². The quantitative estimate of drug-likeness (QED) is 0.753. The second-order valence-electron chi connectivity index (χ2n) is 5.13. The fourth-order valence-corrected chi connectivity index (χ4v) is 2.78. The Morgan fingerprint density at radius 3 is 2.81 bits per heavy atom. The molecule has 1 aliphatic carbocycles. The summed E-state index contributed by atoms with van der Waals surface area (Å²) in [6.07, 6.45) is 5.10. The standard InChI is InChI=1S/C12H15ClN4O3S/c1-2-3-9-14-11(21(13,18)19)7-17(9)6-10-15-12(16-20-10)8-4-5-8/h7-8H,2-6H2,1H3. The summed E-state index contributed by atoms with van der Waals surface area (Å²) in [7, 11) is 1.51. The zero-order valence-corrected chi connectivity index (χ0v) is 13.1. The van der Waals surface area contributed by atoms with E-state index in [1.54, 1.807) is 4.57 Å². The molecule has 2 aromatic heterocycles. The average molecular weight is 331 g/mol. The highest BCUT2D eigenvalue weighted by molar-refractivity contribution is 8.13. The number of aromatic nitrogens is 4. The third-order valence-electron chi connectivity index (χ3n) is 3.29. The van der Waals surface area contributed by atoms with Crippen molar-refractivity contribution in [1.29, 1.82) is 0 Å². The fraction of sp³-hybridized carbons (Fsp3) is 0.583. The van der Waals surface area contributed by atoms with E-state index in [1.165, 1.54) is 6.20 Å². The van der Waals surface area contributed by atoms with Gasteiger partial charge in [-0.05, 0) is 19.3 Å². The van der Waals surface area contributed by atoms with Gasteiger partial charge >= 0.3 is 0 Å². The normalized spacial score (nSPS) is 15.5. The van der Waals surface area contributed by atoms with Gasteiger partial charge in [-0.25, -0.2) is 13.4 Å². The van der Waals surface area contributed by atoms with E-state index < -0.39 is 9.05 Å². The molecule has 0 saturated heterocycles. The van der Waals surface area contributed by atoms with Crippen LogP contribution < -0.4 is 0 Å². The Labute approximate surface area is 126 Å². The molecule has 0 radical (unpaired) electrons. The van der Waals surface area contributed by atoms with Crippen LogP contribution in [0.3, 0.4) is 0 Å². The summed E-state index contributed by atoms with van der Waals surface area (Å²) in [4.78, 5) is 8.41. The molecule has 0 spiro atoms. The molecule has 1 fully saturated rings. The van der Waals surface area contributed by atoms with Crippen LogP contribution in [0, 0.1) is 0 Å². The summed E-state index contributed by atoms with van der Waals surface area (Å²) in [6, 6.07) is 0. The Balaban J connectivity index is 1.86. The number of rotatable bonds is 6. The Hall–Kier alpha value is -1.41. The van der Waals surface area contributed by atoms with Crippen LogP contribution in [-0.2, 0) is 22.0 Å². The van der Waals surface area contributed by atoms with Crippen molar-refractivity contribution in [3.05, 3.63) is 23.7 Å². The van der Waals surface area contributed by atoms with Crippen molar-refractivity contribution in [1.82, 2.24) is 19.7 Å². The second kappa shape index (κ2) is 5.42. The van der Waals surface area contributed by atoms with Gasteiger partial charge in [0.1, 0.15) is 12.4 Å².